The molecule has 0 fully saturated rings. The molecule has 2 heteroatoms. The molecule has 3 aromatic rings. The van der Waals surface area contributed by atoms with Crippen LogP contribution in [0.25, 0.3) is 0 Å². The largest absolute Gasteiger partial charge is 0.105 e. The van der Waals surface area contributed by atoms with Crippen molar-refractivity contribution in [1.82, 2.24) is 0 Å². The van der Waals surface area contributed by atoms with Gasteiger partial charge in [0, 0.05) is 14.7 Å². The number of hydrogen-bond donors (Lipinski definition) is 0. The Morgan fingerprint density at radius 1 is 0.478 bits per heavy atom. The first-order chi connectivity index (χ1) is 11.0. The van der Waals surface area contributed by atoms with E-state index in [1.54, 1.807) is 0 Å². The van der Waals surface area contributed by atoms with Gasteiger partial charge in [0.15, 0.2) is 0 Å². The Morgan fingerprint density at radius 2 is 0.696 bits per heavy atom. The summed E-state index contributed by atoms with van der Waals surface area (Å²) >= 11 is 2.69. The second-order valence-electron chi connectivity index (χ2n) is 5.98. The van der Waals surface area contributed by atoms with E-state index in [0.29, 0.717) is 0 Å². The zero-order chi connectivity index (χ0) is 16.4. The molecule has 0 atom stereocenters. The van der Waals surface area contributed by atoms with Crippen molar-refractivity contribution in [2.75, 3.05) is 0 Å². The molecule has 0 saturated carbocycles. The summed E-state index contributed by atoms with van der Waals surface area (Å²) in [6.07, 6.45) is 0. The smallest absolute Gasteiger partial charge is 0.00704 e. The van der Waals surface area contributed by atoms with Crippen molar-refractivity contribution in [2.45, 2.75) is 35.5 Å². The average Bonchev–Trinajstić information content (AvgIpc) is 2.56. The van der Waals surface area contributed by atoms with E-state index in [2.05, 4.69) is 115 Å². The quantitative estimate of drug-likeness (QED) is 0.383. The van der Waals surface area contributed by atoms with Gasteiger partial charge in [-0.05, 0) is 78.4 Å². The third-order valence-electron chi connectivity index (χ3n) is 4.04. The number of rotatable bonds is 3. The molecular weight excluding hydrogens is 411 g/mol. The summed E-state index contributed by atoms with van der Waals surface area (Å²) in [7, 11) is -1.26. The first-order valence-electron chi connectivity index (χ1n) is 7.73. The summed E-state index contributed by atoms with van der Waals surface area (Å²) in [5.74, 6) is 0. The second-order valence-corrected chi connectivity index (χ2v) is 12.4. The van der Waals surface area contributed by atoms with E-state index in [-0.39, 0.29) is 0 Å². The average molecular weight is 432 g/mol. The molecule has 23 heavy (non-hydrogen) atoms. The first kappa shape index (κ1) is 16.6. The van der Waals surface area contributed by atoms with E-state index < -0.39 is 7.20 Å². The number of aryl methyl sites for hydroxylation is 3. The maximum atomic E-state index is 2.69. The van der Waals surface area contributed by atoms with E-state index >= 15 is 0 Å². The molecule has 0 spiro atoms. The van der Waals surface area contributed by atoms with Crippen LogP contribution in [0.2, 0.25) is 0 Å². The van der Waals surface area contributed by atoms with Crippen LogP contribution in [-0.2, 0) is 0 Å². The van der Waals surface area contributed by atoms with Gasteiger partial charge in [-0.1, -0.05) is 53.1 Å². The standard InChI is InChI=1S/C21H21IS/c1-16-4-10-19(11-5-16)23(22,20-12-6-17(2)7-13-20)21-14-8-18(3)9-15-21/h4-15H,1-3H3. The van der Waals surface area contributed by atoms with Gasteiger partial charge in [0.1, 0.15) is 0 Å². The van der Waals surface area contributed by atoms with E-state index in [1.807, 2.05) is 0 Å². The van der Waals surface area contributed by atoms with Gasteiger partial charge in [-0.15, -0.1) is 7.20 Å². The highest BCUT2D eigenvalue weighted by molar-refractivity contribution is 14.2. The zero-order valence-corrected chi connectivity index (χ0v) is 16.7. The molecule has 0 unspecified atom stereocenters. The van der Waals surface area contributed by atoms with E-state index in [9.17, 15) is 0 Å². The van der Waals surface area contributed by atoms with Gasteiger partial charge in [0.05, 0.1) is 0 Å². The summed E-state index contributed by atoms with van der Waals surface area (Å²) < 4.78 is 0. The molecule has 3 aromatic carbocycles. The third-order valence-corrected chi connectivity index (χ3v) is 11.4. The number of hydrogen-bond acceptors (Lipinski definition) is 0. The highest BCUT2D eigenvalue weighted by atomic mass is 127. The van der Waals surface area contributed by atoms with E-state index in [4.69, 9.17) is 0 Å². The lowest BCUT2D eigenvalue weighted by Crippen LogP contribution is -1.96. The van der Waals surface area contributed by atoms with Gasteiger partial charge in [-0.3, -0.25) is 0 Å². The van der Waals surface area contributed by atoms with Crippen molar-refractivity contribution >= 4 is 28.4 Å². The van der Waals surface area contributed by atoms with Gasteiger partial charge < -0.3 is 0 Å². The molecule has 0 aliphatic heterocycles. The van der Waals surface area contributed by atoms with Crippen molar-refractivity contribution in [3.63, 3.8) is 0 Å². The normalized spacial score (nSPS) is 12.2. The van der Waals surface area contributed by atoms with E-state index in [1.165, 1.54) is 31.4 Å². The fourth-order valence-corrected chi connectivity index (χ4v) is 7.58. The van der Waals surface area contributed by atoms with Crippen LogP contribution in [0.15, 0.2) is 87.5 Å². The van der Waals surface area contributed by atoms with Crippen molar-refractivity contribution in [1.29, 1.82) is 0 Å². The maximum absolute atomic E-state index is 2.69. The SMILES string of the molecule is Cc1ccc(S(I)(c2ccc(C)cc2)c2ccc(C)cc2)cc1. The maximum Gasteiger partial charge on any atom is 0.00704 e. The fraction of sp³-hybridized carbons (Fsp3) is 0.143. The lowest BCUT2D eigenvalue weighted by molar-refractivity contribution is 1.28. The van der Waals surface area contributed by atoms with Crippen LogP contribution < -0.4 is 0 Å². The van der Waals surface area contributed by atoms with Gasteiger partial charge in [-0.25, -0.2) is 0 Å². The molecule has 0 aromatic heterocycles. The highest BCUT2D eigenvalue weighted by Crippen LogP contribution is 2.74. The van der Waals surface area contributed by atoms with Crippen LogP contribution in [0.1, 0.15) is 16.7 Å². The minimum absolute atomic E-state index is 1.26. The Bertz CT molecular complexity index is 676. The van der Waals surface area contributed by atoms with Crippen LogP contribution >= 0.6 is 28.4 Å². The van der Waals surface area contributed by atoms with Crippen LogP contribution in [0.3, 0.4) is 0 Å². The Morgan fingerprint density at radius 3 is 0.913 bits per heavy atom. The van der Waals surface area contributed by atoms with Gasteiger partial charge >= 0.3 is 0 Å². The Labute approximate surface area is 152 Å². The lowest BCUT2D eigenvalue weighted by atomic mass is 10.2. The molecule has 0 aliphatic carbocycles. The van der Waals surface area contributed by atoms with Crippen molar-refractivity contribution < 1.29 is 0 Å². The van der Waals surface area contributed by atoms with Gasteiger partial charge in [-0.2, -0.15) is 0 Å². The second kappa shape index (κ2) is 6.70. The highest BCUT2D eigenvalue weighted by Gasteiger charge is 2.27. The minimum Gasteiger partial charge on any atom is -0.105 e. The van der Waals surface area contributed by atoms with Crippen LogP contribution in [0.5, 0.6) is 0 Å². The summed E-state index contributed by atoms with van der Waals surface area (Å²) in [4.78, 5) is 4.20. The van der Waals surface area contributed by atoms with Crippen LogP contribution in [0.4, 0.5) is 0 Å². The summed E-state index contributed by atoms with van der Waals surface area (Å²) in [6.45, 7) is 6.43. The third kappa shape index (κ3) is 3.33. The summed E-state index contributed by atoms with van der Waals surface area (Å²) in [6, 6.07) is 27.1. The Balaban J connectivity index is 2.21. The fourth-order valence-electron chi connectivity index (χ4n) is 2.59. The number of benzene rings is 3. The molecule has 118 valence electrons. The van der Waals surface area contributed by atoms with Gasteiger partial charge in [0.2, 0.25) is 0 Å². The molecule has 0 radical (unpaired) electrons. The molecule has 0 saturated heterocycles. The Hall–Kier alpha value is -1.26. The van der Waals surface area contributed by atoms with Gasteiger partial charge in [0.25, 0.3) is 0 Å². The molecule has 0 nitrogen and oxygen atoms in total. The van der Waals surface area contributed by atoms with E-state index in [0.717, 1.165) is 0 Å². The van der Waals surface area contributed by atoms with Crippen molar-refractivity contribution in [2.24, 2.45) is 0 Å². The molecule has 0 bridgehead atoms. The van der Waals surface area contributed by atoms with Crippen LogP contribution in [0, 0.1) is 20.8 Å². The number of halogens is 1. The molecule has 0 N–H and O–H groups in total. The molecule has 0 heterocycles. The monoisotopic (exact) mass is 432 g/mol. The predicted octanol–water partition coefficient (Wildman–Crippen LogP) is 7.24. The minimum atomic E-state index is -1.26. The topological polar surface area (TPSA) is 0 Å². The van der Waals surface area contributed by atoms with Crippen molar-refractivity contribution in [3.05, 3.63) is 89.5 Å². The van der Waals surface area contributed by atoms with Crippen LogP contribution in [-0.4, -0.2) is 0 Å². The lowest BCUT2D eigenvalue weighted by Gasteiger charge is -2.35. The molecule has 3 rings (SSSR count). The molecule has 0 amide bonds. The zero-order valence-electron chi connectivity index (χ0n) is 13.7. The molecular formula is C21H21IS. The molecule has 0 aliphatic rings. The van der Waals surface area contributed by atoms with Crippen molar-refractivity contribution in [3.8, 4) is 0 Å². The Kier molecular flexibility index (Phi) is 4.83. The predicted molar refractivity (Wildman–Crippen MR) is 110 cm³/mol. The first-order valence-corrected chi connectivity index (χ1v) is 11.9. The summed E-state index contributed by atoms with van der Waals surface area (Å²) in [5.41, 5.74) is 3.92. The summed E-state index contributed by atoms with van der Waals surface area (Å²) in [5, 5.41) is 0.